The molecule has 1 aromatic rings. The van der Waals surface area contributed by atoms with Crippen LogP contribution in [0.15, 0.2) is 35.2 Å². The zero-order chi connectivity index (χ0) is 15.9. The Kier molecular flexibility index (Phi) is 6.58. The third-order valence-electron chi connectivity index (χ3n) is 3.30. The van der Waals surface area contributed by atoms with Crippen LogP contribution in [0.5, 0.6) is 0 Å². The third-order valence-corrected chi connectivity index (χ3v) is 4.72. The Morgan fingerprint density at radius 3 is 2.57 bits per heavy atom. The van der Waals surface area contributed by atoms with Gasteiger partial charge in [-0.05, 0) is 29.7 Å². The van der Waals surface area contributed by atoms with E-state index in [-0.39, 0.29) is 4.90 Å². The van der Waals surface area contributed by atoms with Gasteiger partial charge in [-0.3, -0.25) is 0 Å². The number of sulfonamides is 1. The van der Waals surface area contributed by atoms with Gasteiger partial charge in [0.05, 0.1) is 4.90 Å². The Morgan fingerprint density at radius 1 is 1.33 bits per heavy atom. The molecule has 0 aromatic heterocycles. The number of aliphatic carboxylic acids is 1. The minimum atomic E-state index is -3.57. The molecule has 1 aromatic carbocycles. The van der Waals surface area contributed by atoms with Crippen LogP contribution >= 0.6 is 0 Å². The Balaban J connectivity index is 2.88. The number of rotatable bonds is 8. The van der Waals surface area contributed by atoms with Gasteiger partial charge < -0.3 is 5.11 Å². The van der Waals surface area contributed by atoms with E-state index in [1.165, 1.54) is 18.2 Å². The maximum atomic E-state index is 12.2. The van der Waals surface area contributed by atoms with Crippen molar-refractivity contribution in [1.82, 2.24) is 4.72 Å². The van der Waals surface area contributed by atoms with E-state index in [0.29, 0.717) is 18.0 Å². The van der Waals surface area contributed by atoms with Crippen molar-refractivity contribution in [3.63, 3.8) is 0 Å². The van der Waals surface area contributed by atoms with Gasteiger partial charge in [0.1, 0.15) is 0 Å². The first-order valence-electron chi connectivity index (χ1n) is 6.89. The van der Waals surface area contributed by atoms with Crippen LogP contribution in [0, 0.1) is 5.92 Å². The summed E-state index contributed by atoms with van der Waals surface area (Å²) in [6.07, 6.45) is 4.17. The number of hydrogen-bond donors (Lipinski definition) is 2. The van der Waals surface area contributed by atoms with Gasteiger partial charge in [-0.1, -0.05) is 38.8 Å². The molecular weight excluding hydrogens is 290 g/mol. The Morgan fingerprint density at radius 2 is 2.00 bits per heavy atom. The number of carboxylic acids is 1. The highest BCUT2D eigenvalue weighted by Gasteiger charge is 2.15. The topological polar surface area (TPSA) is 83.5 Å². The number of nitrogens with one attached hydrogen (secondary N) is 1. The molecule has 0 fully saturated rings. The van der Waals surface area contributed by atoms with Crippen LogP contribution in [-0.4, -0.2) is 26.0 Å². The molecule has 0 amide bonds. The summed E-state index contributed by atoms with van der Waals surface area (Å²) in [4.78, 5) is 10.6. The van der Waals surface area contributed by atoms with Crippen LogP contribution in [0.1, 0.15) is 32.3 Å². The number of benzene rings is 1. The average Bonchev–Trinajstić information content (AvgIpc) is 2.46. The standard InChI is InChI=1S/C15H21NO4S/c1-3-12(4-2)11-16-21(19,20)14-7-5-6-13(10-14)8-9-15(17)18/h5-10,12,16H,3-4,11H2,1-2H3,(H,17,18)/b9-8+. The lowest BCUT2D eigenvalue weighted by Crippen LogP contribution is -2.29. The molecule has 1 rings (SSSR count). The third kappa shape index (κ3) is 5.69. The fraction of sp³-hybridized carbons (Fsp3) is 0.400. The first kappa shape index (κ1) is 17.4. The van der Waals surface area contributed by atoms with Crippen molar-refractivity contribution < 1.29 is 18.3 Å². The molecule has 0 aliphatic rings. The summed E-state index contributed by atoms with van der Waals surface area (Å²) >= 11 is 0. The van der Waals surface area contributed by atoms with E-state index in [9.17, 15) is 13.2 Å². The lowest BCUT2D eigenvalue weighted by molar-refractivity contribution is -0.131. The molecule has 116 valence electrons. The molecule has 6 heteroatoms. The summed E-state index contributed by atoms with van der Waals surface area (Å²) < 4.78 is 27.0. The van der Waals surface area contributed by atoms with Gasteiger partial charge in [-0.2, -0.15) is 0 Å². The summed E-state index contributed by atoms with van der Waals surface area (Å²) in [7, 11) is -3.57. The number of carboxylic acid groups (broad SMARTS) is 1. The zero-order valence-electron chi connectivity index (χ0n) is 12.2. The Bertz CT molecular complexity index is 604. The molecule has 21 heavy (non-hydrogen) atoms. The SMILES string of the molecule is CCC(CC)CNS(=O)(=O)c1cccc(/C=C/C(=O)O)c1. The van der Waals surface area contributed by atoms with Gasteiger partial charge in [-0.15, -0.1) is 0 Å². The molecule has 0 saturated heterocycles. The van der Waals surface area contributed by atoms with Gasteiger partial charge in [0, 0.05) is 12.6 Å². The summed E-state index contributed by atoms with van der Waals surface area (Å²) in [5.74, 6) is -0.759. The van der Waals surface area contributed by atoms with E-state index in [0.717, 1.165) is 18.9 Å². The fourth-order valence-corrected chi connectivity index (χ4v) is 3.01. The van der Waals surface area contributed by atoms with Crippen molar-refractivity contribution >= 4 is 22.1 Å². The maximum absolute atomic E-state index is 12.2. The summed E-state index contributed by atoms with van der Waals surface area (Å²) in [6.45, 7) is 4.46. The van der Waals surface area contributed by atoms with Crippen LogP contribution in [0.25, 0.3) is 6.08 Å². The second-order valence-corrected chi connectivity index (χ2v) is 6.55. The van der Waals surface area contributed by atoms with Crippen LogP contribution in [0.3, 0.4) is 0 Å². The monoisotopic (exact) mass is 311 g/mol. The summed E-state index contributed by atoms with van der Waals surface area (Å²) in [5.41, 5.74) is 0.530. The molecule has 0 unspecified atom stereocenters. The molecule has 5 nitrogen and oxygen atoms in total. The van der Waals surface area contributed by atoms with E-state index in [1.807, 2.05) is 13.8 Å². The quantitative estimate of drug-likeness (QED) is 0.723. The minimum absolute atomic E-state index is 0.140. The molecule has 0 radical (unpaired) electrons. The van der Waals surface area contributed by atoms with Crippen LogP contribution < -0.4 is 4.72 Å². The van der Waals surface area contributed by atoms with Crippen molar-refractivity contribution in [2.45, 2.75) is 31.6 Å². The molecule has 0 heterocycles. The highest BCUT2D eigenvalue weighted by molar-refractivity contribution is 7.89. The van der Waals surface area contributed by atoms with E-state index in [1.54, 1.807) is 12.1 Å². The van der Waals surface area contributed by atoms with Crippen molar-refractivity contribution in [2.24, 2.45) is 5.92 Å². The van der Waals surface area contributed by atoms with Crippen molar-refractivity contribution in [2.75, 3.05) is 6.54 Å². The van der Waals surface area contributed by atoms with Crippen LogP contribution in [0.4, 0.5) is 0 Å². The molecule has 0 bridgehead atoms. The van der Waals surface area contributed by atoms with Gasteiger partial charge in [0.15, 0.2) is 0 Å². The number of hydrogen-bond acceptors (Lipinski definition) is 3. The van der Waals surface area contributed by atoms with E-state index in [2.05, 4.69) is 4.72 Å². The predicted molar refractivity (Wildman–Crippen MR) is 82.4 cm³/mol. The largest absolute Gasteiger partial charge is 0.478 e. The highest BCUT2D eigenvalue weighted by atomic mass is 32.2. The van der Waals surface area contributed by atoms with Gasteiger partial charge >= 0.3 is 5.97 Å². The smallest absolute Gasteiger partial charge is 0.328 e. The van der Waals surface area contributed by atoms with E-state index >= 15 is 0 Å². The van der Waals surface area contributed by atoms with Crippen LogP contribution in [0.2, 0.25) is 0 Å². The first-order chi connectivity index (χ1) is 9.89. The zero-order valence-corrected chi connectivity index (χ0v) is 13.1. The highest BCUT2D eigenvalue weighted by Crippen LogP contribution is 2.14. The Hall–Kier alpha value is -1.66. The molecular formula is C15H21NO4S. The second-order valence-electron chi connectivity index (χ2n) is 4.78. The van der Waals surface area contributed by atoms with E-state index < -0.39 is 16.0 Å². The molecule has 0 aliphatic carbocycles. The molecule has 0 atom stereocenters. The van der Waals surface area contributed by atoms with Crippen molar-refractivity contribution in [3.8, 4) is 0 Å². The average molecular weight is 311 g/mol. The maximum Gasteiger partial charge on any atom is 0.328 e. The summed E-state index contributed by atoms with van der Waals surface area (Å²) in [5, 5.41) is 8.59. The summed E-state index contributed by atoms with van der Waals surface area (Å²) in [6, 6.07) is 6.19. The van der Waals surface area contributed by atoms with Gasteiger partial charge in [0.25, 0.3) is 0 Å². The predicted octanol–water partition coefficient (Wildman–Crippen LogP) is 2.50. The Labute approximate surface area is 125 Å². The molecule has 0 spiro atoms. The lowest BCUT2D eigenvalue weighted by atomic mass is 10.0. The van der Waals surface area contributed by atoms with Crippen molar-refractivity contribution in [3.05, 3.63) is 35.9 Å². The molecule has 0 saturated carbocycles. The lowest BCUT2D eigenvalue weighted by Gasteiger charge is -2.13. The first-order valence-corrected chi connectivity index (χ1v) is 8.38. The second kappa shape index (κ2) is 7.95. The fourth-order valence-electron chi connectivity index (χ4n) is 1.84. The number of carbonyl (C=O) groups is 1. The minimum Gasteiger partial charge on any atom is -0.478 e. The van der Waals surface area contributed by atoms with Crippen molar-refractivity contribution in [1.29, 1.82) is 0 Å². The molecule has 0 aliphatic heterocycles. The van der Waals surface area contributed by atoms with E-state index in [4.69, 9.17) is 5.11 Å². The van der Waals surface area contributed by atoms with Crippen LogP contribution in [-0.2, 0) is 14.8 Å². The molecule has 2 N–H and O–H groups in total. The van der Waals surface area contributed by atoms with Gasteiger partial charge in [0.2, 0.25) is 10.0 Å². The normalized spacial score (nSPS) is 12.1. The van der Waals surface area contributed by atoms with Gasteiger partial charge in [-0.25, -0.2) is 17.9 Å².